The Labute approximate surface area is 272 Å². The molecule has 254 valence electrons. The maximum atomic E-state index is 12.4. The number of esters is 2. The molecule has 0 saturated carbocycles. The van der Waals surface area contributed by atoms with Gasteiger partial charge in [0.1, 0.15) is 17.6 Å². The van der Waals surface area contributed by atoms with E-state index in [1.807, 2.05) is 0 Å². The summed E-state index contributed by atoms with van der Waals surface area (Å²) in [4.78, 5) is 29.1. The smallest absolute Gasteiger partial charge is 0.389 e. The van der Waals surface area contributed by atoms with E-state index < -0.39 is 30.6 Å². The van der Waals surface area contributed by atoms with E-state index in [1.54, 1.807) is 48.5 Å². The van der Waals surface area contributed by atoms with Crippen LogP contribution >= 0.6 is 0 Å². The van der Waals surface area contributed by atoms with Gasteiger partial charge in [-0.15, -0.1) is 0 Å². The van der Waals surface area contributed by atoms with Crippen LogP contribution in [-0.4, -0.2) is 36.6 Å². The van der Waals surface area contributed by atoms with E-state index in [2.05, 4.69) is 4.89 Å². The number of nitrogens with two attached hydrogens (primary N) is 2. The largest absolute Gasteiger partial charge is 0.494 e. The van der Waals surface area contributed by atoms with Crippen molar-refractivity contribution in [1.82, 2.24) is 0 Å². The molecule has 0 saturated heterocycles. The lowest BCUT2D eigenvalue weighted by Crippen LogP contribution is -2.10. The van der Waals surface area contributed by atoms with Gasteiger partial charge in [0.05, 0.1) is 18.8 Å². The lowest BCUT2D eigenvalue weighted by Gasteiger charge is -2.15. The number of rotatable bonds is 19. The predicted octanol–water partition coefficient (Wildman–Crippen LogP) is 8.31. The SMILES string of the molecule is Nc1cc(N)cc(C(CCCCCCCCOC(=O)/C=C/c2ccc(OC(=O)c3ccc(OCCCC(F)(F)F)cc3)cc2)OO)c1. The van der Waals surface area contributed by atoms with Gasteiger partial charge in [0.2, 0.25) is 0 Å². The number of hydrogen-bond acceptors (Lipinski definition) is 9. The summed E-state index contributed by atoms with van der Waals surface area (Å²) in [6.07, 6.45) is 3.33. The highest BCUT2D eigenvalue weighted by atomic mass is 19.4. The van der Waals surface area contributed by atoms with E-state index in [9.17, 15) is 28.0 Å². The summed E-state index contributed by atoms with van der Waals surface area (Å²) in [5.74, 6) is -0.404. The third-order valence-corrected chi connectivity index (χ3v) is 7.07. The topological polar surface area (TPSA) is 143 Å². The van der Waals surface area contributed by atoms with Crippen molar-refractivity contribution in [2.24, 2.45) is 0 Å². The van der Waals surface area contributed by atoms with Gasteiger partial charge in [-0.2, -0.15) is 13.2 Å². The third kappa shape index (κ3) is 14.6. The van der Waals surface area contributed by atoms with E-state index in [-0.39, 0.29) is 18.6 Å². The summed E-state index contributed by atoms with van der Waals surface area (Å²) in [6, 6.07) is 17.6. The zero-order chi connectivity index (χ0) is 34.1. The average molecular weight is 659 g/mol. The van der Waals surface area contributed by atoms with E-state index in [4.69, 9.17) is 25.7 Å². The van der Waals surface area contributed by atoms with Crippen molar-refractivity contribution in [3.05, 3.63) is 89.5 Å². The Kier molecular flexibility index (Phi) is 15.1. The van der Waals surface area contributed by atoms with E-state index in [0.717, 1.165) is 44.1 Å². The van der Waals surface area contributed by atoms with Crippen molar-refractivity contribution in [2.75, 3.05) is 24.7 Å². The Hall–Kier alpha value is -4.55. The molecule has 0 aromatic heterocycles. The van der Waals surface area contributed by atoms with Gasteiger partial charge in [0.15, 0.2) is 0 Å². The second-order valence-electron chi connectivity index (χ2n) is 11.0. The van der Waals surface area contributed by atoms with Gasteiger partial charge in [-0.05, 0) is 91.1 Å². The van der Waals surface area contributed by atoms with Crippen molar-refractivity contribution in [3.8, 4) is 11.5 Å². The van der Waals surface area contributed by atoms with E-state index >= 15 is 0 Å². The Balaban J connectivity index is 1.26. The molecule has 3 aromatic rings. The minimum absolute atomic E-state index is 0.0851. The molecule has 0 aliphatic carbocycles. The van der Waals surface area contributed by atoms with Crippen LogP contribution in [0.15, 0.2) is 72.8 Å². The second-order valence-corrected chi connectivity index (χ2v) is 11.0. The van der Waals surface area contributed by atoms with Crippen LogP contribution in [0.5, 0.6) is 11.5 Å². The Bertz CT molecular complexity index is 1410. The van der Waals surface area contributed by atoms with Gasteiger partial charge in [-0.3, -0.25) is 5.26 Å². The molecule has 47 heavy (non-hydrogen) atoms. The van der Waals surface area contributed by atoms with Crippen LogP contribution in [0, 0.1) is 0 Å². The summed E-state index contributed by atoms with van der Waals surface area (Å²) in [6.45, 7) is 0.235. The van der Waals surface area contributed by atoms with Gasteiger partial charge in [0, 0.05) is 23.9 Å². The van der Waals surface area contributed by atoms with E-state index in [0.29, 0.717) is 41.5 Å². The highest BCUT2D eigenvalue weighted by Crippen LogP contribution is 2.27. The van der Waals surface area contributed by atoms with Gasteiger partial charge < -0.3 is 25.7 Å². The number of benzene rings is 3. The summed E-state index contributed by atoms with van der Waals surface area (Å²) in [5, 5.41) is 9.26. The van der Waals surface area contributed by atoms with Crippen LogP contribution in [0.1, 0.15) is 85.4 Å². The molecule has 9 nitrogen and oxygen atoms in total. The minimum Gasteiger partial charge on any atom is -0.494 e. The standard InChI is InChI=1S/C35H41F3N2O7/c36-35(37,38)19-7-21-44-30-16-12-26(13-17-30)34(42)46-31-14-9-25(10-15-31)11-18-33(41)45-20-6-4-2-1-3-5-8-32(47-43)27-22-28(39)24-29(40)23-27/h9-18,22-24,32,43H,1-8,19-21,39-40H2/b18-11+. The van der Waals surface area contributed by atoms with Crippen LogP contribution in [-0.2, 0) is 14.4 Å². The molecule has 0 aliphatic heterocycles. The maximum absolute atomic E-state index is 12.4. The number of anilines is 2. The number of halogens is 3. The molecule has 0 bridgehead atoms. The first-order chi connectivity index (χ1) is 22.5. The average Bonchev–Trinajstić information content (AvgIpc) is 3.03. The molecular weight excluding hydrogens is 617 g/mol. The van der Waals surface area contributed by atoms with Crippen LogP contribution in [0.2, 0.25) is 0 Å². The highest BCUT2D eigenvalue weighted by Gasteiger charge is 2.26. The van der Waals surface area contributed by atoms with Gasteiger partial charge in [-0.1, -0.05) is 44.2 Å². The summed E-state index contributed by atoms with van der Waals surface area (Å²) >= 11 is 0. The Morgan fingerprint density at radius 1 is 0.787 bits per heavy atom. The Morgan fingerprint density at radius 3 is 2.04 bits per heavy atom. The molecular formula is C35H41F3N2O7. The number of ether oxygens (including phenoxy) is 3. The monoisotopic (exact) mass is 658 g/mol. The number of carbonyl (C=O) groups is 2. The number of nitrogen functional groups attached to an aromatic ring is 2. The molecule has 0 fully saturated rings. The molecule has 0 radical (unpaired) electrons. The first-order valence-electron chi connectivity index (χ1n) is 15.5. The molecule has 0 spiro atoms. The molecule has 1 atom stereocenters. The minimum atomic E-state index is -4.22. The number of carbonyl (C=O) groups excluding carboxylic acids is 2. The van der Waals surface area contributed by atoms with Crippen molar-refractivity contribution in [1.29, 1.82) is 0 Å². The fraction of sp³-hybridized carbons (Fsp3) is 0.371. The van der Waals surface area contributed by atoms with Crippen molar-refractivity contribution in [3.63, 3.8) is 0 Å². The maximum Gasteiger partial charge on any atom is 0.389 e. The summed E-state index contributed by atoms with van der Waals surface area (Å²) in [5.41, 5.74) is 14.4. The molecule has 0 heterocycles. The number of unbranched alkanes of at least 4 members (excludes halogenated alkanes) is 5. The third-order valence-electron chi connectivity index (χ3n) is 7.07. The molecule has 12 heteroatoms. The van der Waals surface area contributed by atoms with Crippen LogP contribution < -0.4 is 20.9 Å². The van der Waals surface area contributed by atoms with Crippen LogP contribution in [0.25, 0.3) is 6.08 Å². The van der Waals surface area contributed by atoms with Crippen molar-refractivity contribution < 1.29 is 47.1 Å². The highest BCUT2D eigenvalue weighted by molar-refractivity contribution is 5.91. The van der Waals surface area contributed by atoms with Crippen molar-refractivity contribution in [2.45, 2.75) is 70.1 Å². The summed E-state index contributed by atoms with van der Waals surface area (Å²) < 4.78 is 52.5. The first-order valence-corrected chi connectivity index (χ1v) is 15.5. The first kappa shape index (κ1) is 36.9. The fourth-order valence-corrected chi connectivity index (χ4v) is 4.66. The normalized spacial score (nSPS) is 12.2. The lowest BCUT2D eigenvalue weighted by molar-refractivity contribution is -0.283. The fourth-order valence-electron chi connectivity index (χ4n) is 4.66. The quantitative estimate of drug-likeness (QED) is 0.0220. The zero-order valence-corrected chi connectivity index (χ0v) is 26.0. The molecule has 3 rings (SSSR count). The van der Waals surface area contributed by atoms with Crippen molar-refractivity contribution >= 4 is 29.4 Å². The Morgan fingerprint density at radius 2 is 1.40 bits per heavy atom. The molecule has 5 N–H and O–H groups in total. The molecule has 3 aromatic carbocycles. The predicted molar refractivity (Wildman–Crippen MR) is 173 cm³/mol. The van der Waals surface area contributed by atoms with Gasteiger partial charge >= 0.3 is 18.1 Å². The van der Waals surface area contributed by atoms with Gasteiger partial charge in [-0.25, -0.2) is 14.5 Å². The zero-order valence-electron chi connectivity index (χ0n) is 26.0. The number of hydrogen-bond donors (Lipinski definition) is 3. The second kappa shape index (κ2) is 19.2. The van der Waals surface area contributed by atoms with Gasteiger partial charge in [0.25, 0.3) is 0 Å². The number of alkyl halides is 3. The lowest BCUT2D eigenvalue weighted by atomic mass is 10.0. The van der Waals surface area contributed by atoms with Crippen LogP contribution in [0.3, 0.4) is 0 Å². The van der Waals surface area contributed by atoms with E-state index in [1.165, 1.54) is 30.3 Å². The molecule has 0 amide bonds. The summed E-state index contributed by atoms with van der Waals surface area (Å²) in [7, 11) is 0. The molecule has 1 unspecified atom stereocenters. The molecule has 0 aliphatic rings. The van der Waals surface area contributed by atoms with Crippen LogP contribution in [0.4, 0.5) is 24.5 Å².